The van der Waals surface area contributed by atoms with Crippen LogP contribution in [0.2, 0.25) is 0 Å². The van der Waals surface area contributed by atoms with Crippen molar-refractivity contribution in [1.82, 2.24) is 10.2 Å². The molecule has 130 valence electrons. The molecule has 23 heavy (non-hydrogen) atoms. The average molecular weight is 430 g/mol. The molecule has 1 atom stereocenters. The number of aliphatic imine (C=N–C) groups is 1. The number of nitrogens with zero attached hydrogens (tertiary/aromatic N) is 2. The lowest BCUT2D eigenvalue weighted by Gasteiger charge is -2.36. The molecule has 0 saturated carbocycles. The Morgan fingerprint density at radius 3 is 2.74 bits per heavy atom. The summed E-state index contributed by atoms with van der Waals surface area (Å²) in [4.78, 5) is 6.95. The van der Waals surface area contributed by atoms with Gasteiger partial charge >= 0.3 is 0 Å². The molecule has 3 N–H and O–H groups in total. The first-order valence-electron chi connectivity index (χ1n) is 8.47. The molecule has 0 bridgehead atoms. The molecule has 1 aromatic carbocycles. The van der Waals surface area contributed by atoms with Gasteiger partial charge in [0.15, 0.2) is 5.96 Å². The third-order valence-electron chi connectivity index (χ3n) is 4.12. The number of nitrogens with one attached hydrogen (secondary N) is 1. The van der Waals surface area contributed by atoms with Crippen molar-refractivity contribution in [3.8, 4) is 0 Å². The lowest BCUT2D eigenvalue weighted by Crippen LogP contribution is -2.47. The SMILES string of the molecule is CC(C)CN=C(N)NCC1CCCCN1Cc1ccccc1.I. The summed E-state index contributed by atoms with van der Waals surface area (Å²) in [5.74, 6) is 1.13. The van der Waals surface area contributed by atoms with E-state index in [4.69, 9.17) is 5.73 Å². The number of hydrogen-bond donors (Lipinski definition) is 2. The van der Waals surface area contributed by atoms with Crippen LogP contribution in [0.3, 0.4) is 0 Å². The highest BCUT2D eigenvalue weighted by Crippen LogP contribution is 2.19. The van der Waals surface area contributed by atoms with Gasteiger partial charge in [0, 0.05) is 25.7 Å². The molecule has 1 heterocycles. The van der Waals surface area contributed by atoms with Gasteiger partial charge in [-0.25, -0.2) is 0 Å². The number of benzene rings is 1. The van der Waals surface area contributed by atoms with Crippen molar-refractivity contribution in [3.63, 3.8) is 0 Å². The van der Waals surface area contributed by atoms with Crippen LogP contribution >= 0.6 is 24.0 Å². The molecule has 0 spiro atoms. The molecule has 1 fully saturated rings. The Kier molecular flexibility index (Phi) is 9.55. The number of nitrogens with two attached hydrogens (primary N) is 1. The predicted octanol–water partition coefficient (Wildman–Crippen LogP) is 3.22. The summed E-state index contributed by atoms with van der Waals surface area (Å²) in [6, 6.07) is 11.3. The van der Waals surface area contributed by atoms with Crippen molar-refractivity contribution in [1.29, 1.82) is 0 Å². The zero-order valence-corrected chi connectivity index (χ0v) is 16.7. The van der Waals surface area contributed by atoms with Crippen molar-refractivity contribution in [2.75, 3.05) is 19.6 Å². The van der Waals surface area contributed by atoms with E-state index in [1.54, 1.807) is 0 Å². The lowest BCUT2D eigenvalue weighted by atomic mass is 10.0. The van der Waals surface area contributed by atoms with Gasteiger partial charge in [-0.05, 0) is 30.9 Å². The third kappa shape index (κ3) is 7.52. The number of hydrogen-bond acceptors (Lipinski definition) is 2. The lowest BCUT2D eigenvalue weighted by molar-refractivity contribution is 0.141. The minimum absolute atomic E-state index is 0. The van der Waals surface area contributed by atoms with Gasteiger partial charge < -0.3 is 11.1 Å². The Morgan fingerprint density at radius 1 is 1.30 bits per heavy atom. The predicted molar refractivity (Wildman–Crippen MR) is 109 cm³/mol. The standard InChI is InChI=1S/C18H30N4.HI/c1-15(2)12-20-18(19)21-13-17-10-6-7-11-22(17)14-16-8-4-3-5-9-16;/h3-5,8-9,15,17H,6-7,10-14H2,1-2H3,(H3,19,20,21);1H. The summed E-state index contributed by atoms with van der Waals surface area (Å²) >= 11 is 0. The Labute approximate surface area is 157 Å². The maximum Gasteiger partial charge on any atom is 0.188 e. The molecule has 0 aliphatic carbocycles. The van der Waals surface area contributed by atoms with Crippen molar-refractivity contribution >= 4 is 29.9 Å². The van der Waals surface area contributed by atoms with E-state index in [0.717, 1.165) is 19.6 Å². The first kappa shape index (κ1) is 20.2. The fourth-order valence-electron chi connectivity index (χ4n) is 2.88. The monoisotopic (exact) mass is 430 g/mol. The van der Waals surface area contributed by atoms with E-state index in [9.17, 15) is 0 Å². The Bertz CT molecular complexity index is 461. The first-order chi connectivity index (χ1) is 10.6. The summed E-state index contributed by atoms with van der Waals surface area (Å²) < 4.78 is 0. The summed E-state index contributed by atoms with van der Waals surface area (Å²) in [7, 11) is 0. The highest BCUT2D eigenvalue weighted by Gasteiger charge is 2.22. The van der Waals surface area contributed by atoms with Crippen LogP contribution < -0.4 is 11.1 Å². The van der Waals surface area contributed by atoms with Crippen molar-refractivity contribution in [2.45, 2.75) is 45.7 Å². The molecule has 2 rings (SSSR count). The number of piperidine rings is 1. The first-order valence-corrected chi connectivity index (χ1v) is 8.47. The van der Waals surface area contributed by atoms with Crippen LogP contribution in [0.5, 0.6) is 0 Å². The van der Waals surface area contributed by atoms with Crippen LogP contribution in [0, 0.1) is 5.92 Å². The van der Waals surface area contributed by atoms with E-state index in [1.165, 1.54) is 31.4 Å². The van der Waals surface area contributed by atoms with Crippen molar-refractivity contribution in [2.24, 2.45) is 16.6 Å². The molecule has 0 aromatic heterocycles. The number of guanidine groups is 1. The van der Waals surface area contributed by atoms with Gasteiger partial charge in [0.25, 0.3) is 0 Å². The van der Waals surface area contributed by atoms with Crippen LogP contribution in [0.4, 0.5) is 0 Å². The van der Waals surface area contributed by atoms with Crippen LogP contribution in [0.15, 0.2) is 35.3 Å². The van der Waals surface area contributed by atoms with E-state index >= 15 is 0 Å². The van der Waals surface area contributed by atoms with Crippen LogP contribution in [-0.2, 0) is 6.54 Å². The maximum atomic E-state index is 5.96. The maximum absolute atomic E-state index is 5.96. The van der Waals surface area contributed by atoms with E-state index in [0.29, 0.717) is 17.9 Å². The van der Waals surface area contributed by atoms with E-state index in [-0.39, 0.29) is 24.0 Å². The van der Waals surface area contributed by atoms with Gasteiger partial charge in [-0.2, -0.15) is 0 Å². The minimum Gasteiger partial charge on any atom is -0.370 e. The normalized spacial score (nSPS) is 19.4. The van der Waals surface area contributed by atoms with Gasteiger partial charge in [0.1, 0.15) is 0 Å². The Balaban J connectivity index is 0.00000264. The van der Waals surface area contributed by atoms with Crippen molar-refractivity contribution in [3.05, 3.63) is 35.9 Å². The van der Waals surface area contributed by atoms with E-state index in [2.05, 4.69) is 59.4 Å². The zero-order chi connectivity index (χ0) is 15.8. The quantitative estimate of drug-likeness (QED) is 0.414. The molecule has 1 unspecified atom stereocenters. The fraction of sp³-hybridized carbons (Fsp3) is 0.611. The Hall–Kier alpha value is -0.820. The fourth-order valence-corrected chi connectivity index (χ4v) is 2.88. The van der Waals surface area contributed by atoms with Crippen molar-refractivity contribution < 1.29 is 0 Å². The number of rotatable bonds is 6. The molecular weight excluding hydrogens is 399 g/mol. The second-order valence-electron chi connectivity index (χ2n) is 6.61. The van der Waals surface area contributed by atoms with Gasteiger partial charge in [0.2, 0.25) is 0 Å². The molecule has 1 aliphatic rings. The molecule has 4 nitrogen and oxygen atoms in total. The van der Waals surface area contributed by atoms with Gasteiger partial charge in [-0.15, -0.1) is 24.0 Å². The minimum atomic E-state index is 0. The number of likely N-dealkylation sites (tertiary alicyclic amines) is 1. The van der Waals surface area contributed by atoms with Gasteiger partial charge in [-0.1, -0.05) is 50.6 Å². The van der Waals surface area contributed by atoms with Crippen LogP contribution in [0.1, 0.15) is 38.7 Å². The summed E-state index contributed by atoms with van der Waals surface area (Å²) in [6.45, 7) is 8.18. The molecule has 0 radical (unpaired) electrons. The summed E-state index contributed by atoms with van der Waals surface area (Å²) in [5.41, 5.74) is 7.34. The molecule has 1 saturated heterocycles. The molecule has 0 amide bonds. The molecule has 1 aromatic rings. The molecule has 5 heteroatoms. The molecule has 1 aliphatic heterocycles. The average Bonchev–Trinajstić information content (AvgIpc) is 2.53. The Morgan fingerprint density at radius 2 is 2.04 bits per heavy atom. The van der Waals surface area contributed by atoms with Crippen LogP contribution in [-0.4, -0.2) is 36.5 Å². The zero-order valence-electron chi connectivity index (χ0n) is 14.4. The van der Waals surface area contributed by atoms with Gasteiger partial charge in [0.05, 0.1) is 0 Å². The number of halogens is 1. The van der Waals surface area contributed by atoms with E-state index < -0.39 is 0 Å². The van der Waals surface area contributed by atoms with E-state index in [1.807, 2.05) is 0 Å². The summed E-state index contributed by atoms with van der Waals surface area (Å²) in [6.07, 6.45) is 3.83. The third-order valence-corrected chi connectivity index (χ3v) is 4.12. The second kappa shape index (κ2) is 10.9. The van der Waals surface area contributed by atoms with Crippen LogP contribution in [0.25, 0.3) is 0 Å². The highest BCUT2D eigenvalue weighted by molar-refractivity contribution is 14.0. The topological polar surface area (TPSA) is 53.6 Å². The second-order valence-corrected chi connectivity index (χ2v) is 6.61. The summed E-state index contributed by atoms with van der Waals surface area (Å²) in [5, 5.41) is 3.31. The highest BCUT2D eigenvalue weighted by atomic mass is 127. The smallest absolute Gasteiger partial charge is 0.188 e. The molecular formula is C18H31IN4. The largest absolute Gasteiger partial charge is 0.370 e. The van der Waals surface area contributed by atoms with Gasteiger partial charge in [-0.3, -0.25) is 9.89 Å².